The van der Waals surface area contributed by atoms with E-state index in [4.69, 9.17) is 9.47 Å². The Balaban J connectivity index is 2.05. The van der Waals surface area contributed by atoms with Gasteiger partial charge >= 0.3 is 5.69 Å². The Morgan fingerprint density at radius 2 is 1.62 bits per heavy atom. The monoisotopic (exact) mass is 397 g/mol. The van der Waals surface area contributed by atoms with Crippen LogP contribution in [-0.2, 0) is 29.6 Å². The van der Waals surface area contributed by atoms with E-state index in [-0.39, 0.29) is 18.7 Å². The Morgan fingerprint density at radius 3 is 2.28 bits per heavy atom. The van der Waals surface area contributed by atoms with E-state index >= 15 is 0 Å². The average Bonchev–Trinajstić information content (AvgIpc) is 3.28. The highest BCUT2D eigenvalue weighted by atomic mass is 16.5. The minimum atomic E-state index is -0.410. The lowest BCUT2D eigenvalue weighted by atomic mass is 10.2. The molecule has 9 nitrogen and oxygen atoms in total. The van der Waals surface area contributed by atoms with Crippen LogP contribution in [0.2, 0.25) is 0 Å². The molecule has 3 heterocycles. The van der Waals surface area contributed by atoms with Gasteiger partial charge in [-0.3, -0.25) is 18.3 Å². The molecule has 0 aliphatic rings. The zero-order chi connectivity index (χ0) is 20.5. The van der Waals surface area contributed by atoms with Crippen LogP contribution in [0.5, 0.6) is 0 Å². The number of aryl methyl sites for hydroxylation is 1. The van der Waals surface area contributed by atoms with Crippen molar-refractivity contribution in [3.63, 3.8) is 0 Å². The molecule has 0 aliphatic heterocycles. The van der Waals surface area contributed by atoms with E-state index in [1.165, 1.54) is 16.2 Å². The smallest absolute Gasteiger partial charge is 0.332 e. The van der Waals surface area contributed by atoms with Gasteiger partial charge in [0.2, 0.25) is 5.78 Å². The van der Waals surface area contributed by atoms with Gasteiger partial charge in [0.05, 0.1) is 25.5 Å². The third-order valence-electron chi connectivity index (χ3n) is 5.05. The maximum absolute atomic E-state index is 13.2. The summed E-state index contributed by atoms with van der Waals surface area (Å²) >= 11 is 0. The van der Waals surface area contributed by atoms with Crippen LogP contribution in [0.1, 0.15) is 0 Å². The van der Waals surface area contributed by atoms with Gasteiger partial charge in [-0.1, -0.05) is 30.3 Å². The van der Waals surface area contributed by atoms with Crippen molar-refractivity contribution in [2.45, 2.75) is 13.1 Å². The molecule has 0 aliphatic carbocycles. The summed E-state index contributed by atoms with van der Waals surface area (Å²) in [5, 5.41) is 0. The topological polar surface area (TPSA) is 84.7 Å². The van der Waals surface area contributed by atoms with E-state index in [9.17, 15) is 9.59 Å². The summed E-state index contributed by atoms with van der Waals surface area (Å²) < 4.78 is 16.7. The van der Waals surface area contributed by atoms with Crippen molar-refractivity contribution in [3.05, 3.63) is 57.4 Å². The lowest BCUT2D eigenvalue weighted by molar-refractivity contribution is 0.184. The third-order valence-corrected chi connectivity index (χ3v) is 5.05. The fourth-order valence-corrected chi connectivity index (χ4v) is 3.56. The van der Waals surface area contributed by atoms with Crippen molar-refractivity contribution in [2.24, 2.45) is 7.05 Å². The summed E-state index contributed by atoms with van der Waals surface area (Å²) in [6, 6.07) is 9.90. The third kappa shape index (κ3) is 3.08. The molecule has 0 saturated heterocycles. The first-order chi connectivity index (χ1) is 14.1. The normalized spacial score (nSPS) is 11.7. The Kier molecular flexibility index (Phi) is 5.08. The molecule has 4 aromatic rings. The molecule has 0 saturated carbocycles. The quantitative estimate of drug-likeness (QED) is 0.466. The molecule has 0 N–H and O–H groups in total. The largest absolute Gasteiger partial charge is 0.383 e. The minimum Gasteiger partial charge on any atom is -0.383 e. The van der Waals surface area contributed by atoms with Gasteiger partial charge < -0.3 is 14.0 Å². The molecule has 1 aromatic carbocycles. The molecular formula is C20H23N5O4. The molecule has 0 atom stereocenters. The number of imidazole rings is 2. The van der Waals surface area contributed by atoms with Crippen molar-refractivity contribution >= 4 is 16.9 Å². The van der Waals surface area contributed by atoms with Crippen LogP contribution in [0, 0.1) is 0 Å². The van der Waals surface area contributed by atoms with Crippen LogP contribution in [0.3, 0.4) is 0 Å². The number of methoxy groups -OCH3 is 2. The van der Waals surface area contributed by atoms with Crippen molar-refractivity contribution in [2.75, 3.05) is 27.4 Å². The van der Waals surface area contributed by atoms with Crippen molar-refractivity contribution in [3.8, 4) is 11.3 Å². The second-order valence-corrected chi connectivity index (χ2v) is 6.77. The Bertz CT molecular complexity index is 1280. The van der Waals surface area contributed by atoms with E-state index in [1.807, 2.05) is 41.1 Å². The molecule has 0 amide bonds. The van der Waals surface area contributed by atoms with Gasteiger partial charge in [0.1, 0.15) is 0 Å². The molecule has 0 fully saturated rings. The first-order valence-corrected chi connectivity index (χ1v) is 9.33. The van der Waals surface area contributed by atoms with Crippen molar-refractivity contribution in [1.82, 2.24) is 23.1 Å². The number of benzene rings is 1. The number of ether oxygens (including phenoxy) is 2. The van der Waals surface area contributed by atoms with Crippen LogP contribution in [-0.4, -0.2) is 50.5 Å². The molecule has 0 bridgehead atoms. The van der Waals surface area contributed by atoms with Crippen LogP contribution >= 0.6 is 0 Å². The summed E-state index contributed by atoms with van der Waals surface area (Å²) in [6.07, 6.45) is 1.89. The summed E-state index contributed by atoms with van der Waals surface area (Å²) in [5.41, 5.74) is 1.86. The highest BCUT2D eigenvalue weighted by Crippen LogP contribution is 2.25. The van der Waals surface area contributed by atoms with E-state index < -0.39 is 5.69 Å². The lowest BCUT2D eigenvalue weighted by Crippen LogP contribution is -2.40. The summed E-state index contributed by atoms with van der Waals surface area (Å²) in [4.78, 5) is 30.4. The zero-order valence-electron chi connectivity index (χ0n) is 16.7. The maximum Gasteiger partial charge on any atom is 0.332 e. The fraction of sp³-hybridized carbons (Fsp3) is 0.350. The number of rotatable bonds is 7. The van der Waals surface area contributed by atoms with Crippen LogP contribution < -0.4 is 11.2 Å². The molecule has 3 aromatic heterocycles. The van der Waals surface area contributed by atoms with Crippen LogP contribution in [0.15, 0.2) is 46.1 Å². The highest BCUT2D eigenvalue weighted by Gasteiger charge is 2.21. The van der Waals surface area contributed by atoms with Gasteiger partial charge in [0, 0.05) is 34.0 Å². The van der Waals surface area contributed by atoms with Gasteiger partial charge in [-0.05, 0) is 5.56 Å². The highest BCUT2D eigenvalue weighted by molar-refractivity contribution is 5.78. The predicted molar refractivity (Wildman–Crippen MR) is 109 cm³/mol. The van der Waals surface area contributed by atoms with Gasteiger partial charge in [-0.15, -0.1) is 0 Å². The van der Waals surface area contributed by atoms with E-state index in [0.717, 1.165) is 11.3 Å². The van der Waals surface area contributed by atoms with Crippen molar-refractivity contribution < 1.29 is 9.47 Å². The Labute approximate surface area is 166 Å². The summed E-state index contributed by atoms with van der Waals surface area (Å²) in [5.74, 6) is 0.590. The maximum atomic E-state index is 13.2. The second-order valence-electron chi connectivity index (χ2n) is 6.77. The predicted octanol–water partition coefficient (Wildman–Crippen LogP) is 1.11. The number of fused-ring (bicyclic) bond motifs is 3. The molecular weight excluding hydrogens is 374 g/mol. The average molecular weight is 397 g/mol. The van der Waals surface area contributed by atoms with Crippen molar-refractivity contribution in [1.29, 1.82) is 0 Å². The van der Waals surface area contributed by atoms with E-state index in [1.54, 1.807) is 18.6 Å². The first kappa shape index (κ1) is 19.2. The molecule has 4 rings (SSSR count). The molecule has 0 radical (unpaired) electrons. The molecule has 29 heavy (non-hydrogen) atoms. The van der Waals surface area contributed by atoms with E-state index in [2.05, 4.69) is 4.98 Å². The molecule has 0 unspecified atom stereocenters. The molecule has 9 heteroatoms. The Morgan fingerprint density at radius 1 is 0.966 bits per heavy atom. The lowest BCUT2D eigenvalue weighted by Gasteiger charge is -2.08. The van der Waals surface area contributed by atoms with Gasteiger partial charge in [-0.25, -0.2) is 4.79 Å². The van der Waals surface area contributed by atoms with Gasteiger partial charge in [0.25, 0.3) is 5.56 Å². The standard InChI is InChI=1S/C20H23N5O4/c1-22-17-16(18(26)24(20(22)27)10-12-29-3)25-13-15(14-7-5-4-6-8-14)23(9-11-28-2)19(25)21-17/h4-8,13H,9-12H2,1-3H3. The number of aromatic nitrogens is 5. The van der Waals surface area contributed by atoms with E-state index in [0.29, 0.717) is 30.1 Å². The first-order valence-electron chi connectivity index (χ1n) is 9.33. The second kappa shape index (κ2) is 7.69. The zero-order valence-corrected chi connectivity index (χ0v) is 16.7. The van der Waals surface area contributed by atoms with Gasteiger partial charge in [0.15, 0.2) is 11.2 Å². The number of hydrogen-bond acceptors (Lipinski definition) is 5. The molecule has 0 spiro atoms. The summed E-state index contributed by atoms with van der Waals surface area (Å²) in [6.45, 7) is 1.50. The summed E-state index contributed by atoms with van der Waals surface area (Å²) in [7, 11) is 4.80. The minimum absolute atomic E-state index is 0.182. The van der Waals surface area contributed by atoms with Crippen LogP contribution in [0.4, 0.5) is 0 Å². The molecule has 152 valence electrons. The number of hydrogen-bond donors (Lipinski definition) is 0. The van der Waals surface area contributed by atoms with Crippen LogP contribution in [0.25, 0.3) is 28.2 Å². The number of nitrogens with zero attached hydrogens (tertiary/aromatic N) is 5. The van der Waals surface area contributed by atoms with Gasteiger partial charge in [-0.2, -0.15) is 4.98 Å². The Hall–Kier alpha value is -3.17. The fourth-order valence-electron chi connectivity index (χ4n) is 3.56. The SMILES string of the molecule is COCCn1c(=O)c2c(nc3n(CCOC)c(-c4ccccc4)cn23)n(C)c1=O.